The molecular weight excluding hydrogens is 233 g/mol. The fourth-order valence-corrected chi connectivity index (χ4v) is 1.28. The van der Waals surface area contributed by atoms with Crippen molar-refractivity contribution in [3.8, 4) is 11.8 Å². The van der Waals surface area contributed by atoms with Crippen LogP contribution in [0.15, 0.2) is 30.3 Å². The molecule has 0 bridgehead atoms. The van der Waals surface area contributed by atoms with Crippen molar-refractivity contribution >= 4 is 11.7 Å². The molecular formula is C14H14FNO2. The molecule has 18 heavy (non-hydrogen) atoms. The summed E-state index contributed by atoms with van der Waals surface area (Å²) in [6.07, 6.45) is 0. The van der Waals surface area contributed by atoms with Gasteiger partial charge in [-0.05, 0) is 25.0 Å². The molecule has 1 unspecified atom stereocenters. The lowest BCUT2D eigenvalue weighted by atomic mass is 10.0. The molecule has 1 atom stereocenters. The molecule has 3 nitrogen and oxygen atoms in total. The quantitative estimate of drug-likeness (QED) is 0.585. The first-order chi connectivity index (χ1) is 8.35. The lowest BCUT2D eigenvalue weighted by molar-refractivity contribution is -0.146. The van der Waals surface area contributed by atoms with E-state index < -0.39 is 17.4 Å². The lowest BCUT2D eigenvalue weighted by Crippen LogP contribution is -2.45. The molecule has 0 aliphatic carbocycles. The highest BCUT2D eigenvalue weighted by Crippen LogP contribution is 2.14. The van der Waals surface area contributed by atoms with Crippen molar-refractivity contribution in [2.45, 2.75) is 12.6 Å². The predicted octanol–water partition coefficient (Wildman–Crippen LogP) is 1.42. The smallest absolute Gasteiger partial charge is 0.268 e. The van der Waals surface area contributed by atoms with Crippen LogP contribution in [0.1, 0.15) is 12.5 Å². The van der Waals surface area contributed by atoms with Gasteiger partial charge in [0.1, 0.15) is 0 Å². The number of hydrogen-bond donors (Lipinski definition) is 0. The molecule has 0 saturated carbocycles. The van der Waals surface area contributed by atoms with E-state index in [9.17, 15) is 14.0 Å². The zero-order valence-corrected chi connectivity index (χ0v) is 10.5. The number of halogens is 1. The van der Waals surface area contributed by atoms with Gasteiger partial charge in [0.2, 0.25) is 0 Å². The molecule has 0 aliphatic rings. The van der Waals surface area contributed by atoms with Gasteiger partial charge in [-0.1, -0.05) is 24.1 Å². The molecule has 1 aromatic rings. The molecule has 0 aromatic heterocycles. The van der Waals surface area contributed by atoms with Gasteiger partial charge in [0, 0.05) is 19.7 Å². The number of ketones is 1. The van der Waals surface area contributed by atoms with Crippen molar-refractivity contribution in [2.24, 2.45) is 0 Å². The summed E-state index contributed by atoms with van der Waals surface area (Å²) in [4.78, 5) is 24.1. The molecule has 0 radical (unpaired) electrons. The Morgan fingerprint density at radius 2 is 1.78 bits per heavy atom. The fourth-order valence-electron chi connectivity index (χ4n) is 1.28. The highest BCUT2D eigenvalue weighted by Gasteiger charge is 2.41. The summed E-state index contributed by atoms with van der Waals surface area (Å²) >= 11 is 0. The molecule has 1 aromatic carbocycles. The van der Waals surface area contributed by atoms with Crippen molar-refractivity contribution in [2.75, 3.05) is 14.1 Å². The summed E-state index contributed by atoms with van der Waals surface area (Å²) in [5, 5.41) is 0. The standard InChI is InChI=1S/C14H14FNO2/c1-14(15,13(18)16(2)3)12(17)10-9-11-7-5-4-6-8-11/h4-8H,1-3H3. The van der Waals surface area contributed by atoms with Gasteiger partial charge in [-0.15, -0.1) is 0 Å². The summed E-state index contributed by atoms with van der Waals surface area (Å²) in [5.41, 5.74) is -2.01. The Labute approximate surface area is 106 Å². The van der Waals surface area contributed by atoms with Gasteiger partial charge in [-0.2, -0.15) is 0 Å². The van der Waals surface area contributed by atoms with Gasteiger partial charge in [0.05, 0.1) is 0 Å². The average molecular weight is 247 g/mol. The van der Waals surface area contributed by atoms with E-state index in [1.54, 1.807) is 24.3 Å². The first-order valence-corrected chi connectivity index (χ1v) is 5.38. The Morgan fingerprint density at radius 3 is 2.28 bits per heavy atom. The van der Waals surface area contributed by atoms with Crippen LogP contribution >= 0.6 is 0 Å². The minimum absolute atomic E-state index is 0.596. The van der Waals surface area contributed by atoms with Crippen LogP contribution in [0.3, 0.4) is 0 Å². The number of hydrogen-bond acceptors (Lipinski definition) is 2. The molecule has 0 aliphatic heterocycles. The number of Topliss-reactive ketones (excluding diaryl/α,β-unsaturated/α-hetero) is 1. The zero-order valence-electron chi connectivity index (χ0n) is 10.5. The second-order valence-corrected chi connectivity index (χ2v) is 4.15. The number of carbonyl (C=O) groups is 2. The Hall–Kier alpha value is -2.15. The number of nitrogens with zero attached hydrogens (tertiary/aromatic N) is 1. The minimum Gasteiger partial charge on any atom is -0.346 e. The molecule has 94 valence electrons. The van der Waals surface area contributed by atoms with E-state index in [1.165, 1.54) is 14.1 Å². The third-order valence-electron chi connectivity index (χ3n) is 2.33. The SMILES string of the molecule is CN(C)C(=O)C(C)(F)C(=O)C#Cc1ccccc1. The summed E-state index contributed by atoms with van der Waals surface area (Å²) in [6, 6.07) is 8.72. The van der Waals surface area contributed by atoms with E-state index in [-0.39, 0.29) is 0 Å². The molecule has 0 fully saturated rings. The van der Waals surface area contributed by atoms with Crippen LogP contribution < -0.4 is 0 Å². The molecule has 0 N–H and O–H groups in total. The topological polar surface area (TPSA) is 37.4 Å². The summed E-state index contributed by atoms with van der Waals surface area (Å²) in [6.45, 7) is 0.928. The van der Waals surface area contributed by atoms with Crippen molar-refractivity contribution in [3.05, 3.63) is 35.9 Å². The van der Waals surface area contributed by atoms with Crippen LogP contribution in [0.2, 0.25) is 0 Å². The predicted molar refractivity (Wildman–Crippen MR) is 66.5 cm³/mol. The molecule has 0 heterocycles. The highest BCUT2D eigenvalue weighted by atomic mass is 19.1. The van der Waals surface area contributed by atoms with Gasteiger partial charge < -0.3 is 4.90 Å². The van der Waals surface area contributed by atoms with Crippen LogP contribution in [0.25, 0.3) is 0 Å². The minimum atomic E-state index is -2.61. The summed E-state index contributed by atoms with van der Waals surface area (Å²) < 4.78 is 14.0. The maximum Gasteiger partial charge on any atom is 0.268 e. The van der Waals surface area contributed by atoms with Crippen molar-refractivity contribution in [1.82, 2.24) is 4.90 Å². The summed E-state index contributed by atoms with van der Waals surface area (Å²) in [5.74, 6) is 2.75. The number of amides is 1. The van der Waals surface area contributed by atoms with Crippen molar-refractivity contribution in [3.63, 3.8) is 0 Å². The lowest BCUT2D eigenvalue weighted by Gasteiger charge is -2.19. The van der Waals surface area contributed by atoms with Crippen LogP contribution in [0.5, 0.6) is 0 Å². The van der Waals surface area contributed by atoms with Crippen LogP contribution in [0, 0.1) is 11.8 Å². The van der Waals surface area contributed by atoms with Crippen molar-refractivity contribution < 1.29 is 14.0 Å². The van der Waals surface area contributed by atoms with Gasteiger partial charge >= 0.3 is 0 Å². The monoisotopic (exact) mass is 247 g/mol. The summed E-state index contributed by atoms with van der Waals surface area (Å²) in [7, 11) is 2.77. The van der Waals surface area contributed by atoms with E-state index in [0.29, 0.717) is 5.56 Å². The van der Waals surface area contributed by atoms with Crippen LogP contribution in [-0.2, 0) is 9.59 Å². The van der Waals surface area contributed by atoms with Gasteiger partial charge in [-0.3, -0.25) is 9.59 Å². The average Bonchev–Trinajstić information content (AvgIpc) is 2.35. The largest absolute Gasteiger partial charge is 0.346 e. The highest BCUT2D eigenvalue weighted by molar-refractivity contribution is 6.16. The first-order valence-electron chi connectivity index (χ1n) is 5.38. The normalized spacial score (nSPS) is 12.9. The first kappa shape index (κ1) is 13.9. The number of rotatable bonds is 2. The fraction of sp³-hybridized carbons (Fsp3) is 0.286. The molecule has 0 saturated heterocycles. The van der Waals surface area contributed by atoms with Crippen molar-refractivity contribution in [1.29, 1.82) is 0 Å². The molecule has 1 amide bonds. The van der Waals surface area contributed by atoms with E-state index in [0.717, 1.165) is 11.8 Å². The second kappa shape index (κ2) is 5.46. The van der Waals surface area contributed by atoms with Gasteiger partial charge in [-0.25, -0.2) is 4.39 Å². The van der Waals surface area contributed by atoms with Gasteiger partial charge in [0.15, 0.2) is 0 Å². The Kier molecular flexibility index (Phi) is 4.22. The Balaban J connectivity index is 2.90. The third-order valence-corrected chi connectivity index (χ3v) is 2.33. The maximum absolute atomic E-state index is 14.0. The number of carbonyl (C=O) groups excluding carboxylic acids is 2. The Bertz CT molecular complexity index is 510. The van der Waals surface area contributed by atoms with E-state index in [2.05, 4.69) is 11.8 Å². The molecule has 0 spiro atoms. The van der Waals surface area contributed by atoms with Gasteiger partial charge in [0.25, 0.3) is 17.4 Å². The third kappa shape index (κ3) is 3.17. The molecule has 4 heteroatoms. The Morgan fingerprint density at radius 1 is 1.22 bits per heavy atom. The number of benzene rings is 1. The maximum atomic E-state index is 14.0. The number of alkyl halides is 1. The second-order valence-electron chi connectivity index (χ2n) is 4.15. The zero-order chi connectivity index (χ0) is 13.8. The van der Waals surface area contributed by atoms with Crippen LogP contribution in [0.4, 0.5) is 4.39 Å². The van der Waals surface area contributed by atoms with E-state index in [1.807, 2.05) is 6.07 Å². The van der Waals surface area contributed by atoms with E-state index >= 15 is 0 Å². The van der Waals surface area contributed by atoms with Crippen LogP contribution in [-0.4, -0.2) is 36.4 Å². The van der Waals surface area contributed by atoms with E-state index in [4.69, 9.17) is 0 Å². The molecule has 1 rings (SSSR count).